The van der Waals surface area contributed by atoms with Crippen LogP contribution in [0.3, 0.4) is 0 Å². The van der Waals surface area contributed by atoms with Crippen LogP contribution >= 0.6 is 11.5 Å². The van der Waals surface area contributed by atoms with Gasteiger partial charge in [-0.2, -0.15) is 13.2 Å². The molecule has 0 saturated heterocycles. The summed E-state index contributed by atoms with van der Waals surface area (Å²) in [4.78, 5) is 33.4. The summed E-state index contributed by atoms with van der Waals surface area (Å²) in [5.41, 5.74) is -2.49. The van der Waals surface area contributed by atoms with E-state index in [0.29, 0.717) is 18.2 Å². The number of amides is 1. The maximum atomic E-state index is 13.1. The van der Waals surface area contributed by atoms with Crippen molar-refractivity contribution in [2.75, 3.05) is 11.9 Å². The molecule has 0 aliphatic rings. The van der Waals surface area contributed by atoms with Crippen LogP contribution in [0.15, 0.2) is 18.2 Å². The SMILES string of the molecule is CCc1nnsc1C(=O)OCC(=O)Nc1ccc([N+](=O)[O-])cc1C(F)(F)F. The monoisotopic (exact) mass is 404 g/mol. The predicted molar refractivity (Wildman–Crippen MR) is 86.3 cm³/mol. The Balaban J connectivity index is 2.09. The van der Waals surface area contributed by atoms with Crippen molar-refractivity contribution in [2.24, 2.45) is 0 Å². The Bertz CT molecular complexity index is 884. The molecule has 2 rings (SSSR count). The standard InChI is InChI=1S/C14H11F3N4O5S/c1-2-9-12(27-20-19-9)13(23)26-6-11(22)18-10-4-3-7(21(24)25)5-8(10)14(15,16)17/h3-5H,2,6H2,1H3,(H,18,22). The van der Waals surface area contributed by atoms with E-state index in [-0.39, 0.29) is 4.88 Å². The number of alkyl halides is 3. The van der Waals surface area contributed by atoms with Crippen LogP contribution < -0.4 is 5.32 Å². The number of benzene rings is 1. The molecule has 1 aromatic carbocycles. The van der Waals surface area contributed by atoms with Gasteiger partial charge in [-0.15, -0.1) is 5.10 Å². The number of ether oxygens (including phenoxy) is 1. The molecule has 27 heavy (non-hydrogen) atoms. The molecular formula is C14H11F3N4O5S. The molecular weight excluding hydrogens is 393 g/mol. The quantitative estimate of drug-likeness (QED) is 0.446. The minimum absolute atomic E-state index is 0.0941. The maximum absolute atomic E-state index is 13.1. The fourth-order valence-corrected chi connectivity index (χ4v) is 2.61. The van der Waals surface area contributed by atoms with E-state index in [2.05, 4.69) is 9.59 Å². The summed E-state index contributed by atoms with van der Waals surface area (Å²) in [7, 11) is 0. The van der Waals surface area contributed by atoms with Gasteiger partial charge < -0.3 is 10.1 Å². The van der Waals surface area contributed by atoms with E-state index in [0.717, 1.165) is 23.7 Å². The third-order valence-electron chi connectivity index (χ3n) is 3.20. The zero-order valence-corrected chi connectivity index (χ0v) is 14.4. The van der Waals surface area contributed by atoms with Crippen molar-refractivity contribution < 1.29 is 32.4 Å². The van der Waals surface area contributed by atoms with E-state index in [4.69, 9.17) is 4.74 Å². The van der Waals surface area contributed by atoms with Gasteiger partial charge in [-0.25, -0.2) is 4.79 Å². The molecule has 1 heterocycles. The van der Waals surface area contributed by atoms with Crippen molar-refractivity contribution in [3.8, 4) is 0 Å². The normalized spacial score (nSPS) is 11.1. The molecule has 0 bridgehead atoms. The molecule has 2 aromatic rings. The summed E-state index contributed by atoms with van der Waals surface area (Å²) in [6, 6.07) is 1.87. The van der Waals surface area contributed by atoms with Gasteiger partial charge in [-0.05, 0) is 24.0 Å². The van der Waals surface area contributed by atoms with Gasteiger partial charge in [0.2, 0.25) is 0 Å². The number of nitro groups is 1. The molecule has 0 fully saturated rings. The Labute approximate surface area is 153 Å². The first-order valence-electron chi connectivity index (χ1n) is 7.27. The van der Waals surface area contributed by atoms with Gasteiger partial charge in [0.25, 0.3) is 11.6 Å². The number of hydrogen-bond donors (Lipinski definition) is 1. The van der Waals surface area contributed by atoms with E-state index in [1.807, 2.05) is 5.32 Å². The van der Waals surface area contributed by atoms with Gasteiger partial charge in [-0.1, -0.05) is 11.4 Å². The predicted octanol–water partition coefficient (Wildman–Crippen LogP) is 2.82. The number of rotatable bonds is 6. The van der Waals surface area contributed by atoms with Crippen molar-refractivity contribution in [3.05, 3.63) is 44.4 Å². The molecule has 0 unspecified atom stereocenters. The highest BCUT2D eigenvalue weighted by molar-refractivity contribution is 7.07. The number of nitrogens with zero attached hydrogens (tertiary/aromatic N) is 3. The van der Waals surface area contributed by atoms with Gasteiger partial charge in [0.15, 0.2) is 11.5 Å². The fourth-order valence-electron chi connectivity index (χ4n) is 1.97. The third-order valence-corrected chi connectivity index (χ3v) is 3.95. The number of non-ortho nitro benzene ring substituents is 1. The summed E-state index contributed by atoms with van der Waals surface area (Å²) >= 11 is 0.768. The van der Waals surface area contributed by atoms with E-state index in [9.17, 15) is 32.9 Å². The van der Waals surface area contributed by atoms with Gasteiger partial charge in [0.05, 0.1) is 21.9 Å². The minimum atomic E-state index is -4.93. The number of carbonyl (C=O) groups is 2. The molecule has 0 atom stereocenters. The van der Waals surface area contributed by atoms with E-state index in [1.54, 1.807) is 6.92 Å². The minimum Gasteiger partial charge on any atom is -0.451 e. The number of aryl methyl sites for hydroxylation is 1. The van der Waals surface area contributed by atoms with Gasteiger partial charge in [-0.3, -0.25) is 14.9 Å². The number of halogens is 3. The highest BCUT2D eigenvalue weighted by atomic mass is 32.1. The van der Waals surface area contributed by atoms with Crippen LogP contribution in [0, 0.1) is 10.1 Å². The number of nitrogens with one attached hydrogen (secondary N) is 1. The second-order valence-electron chi connectivity index (χ2n) is 5.01. The summed E-state index contributed by atoms with van der Waals surface area (Å²) in [5, 5.41) is 16.3. The Kier molecular flexibility index (Phi) is 6.05. The lowest BCUT2D eigenvalue weighted by Crippen LogP contribution is -2.23. The summed E-state index contributed by atoms with van der Waals surface area (Å²) in [6.45, 7) is 0.877. The molecule has 1 aromatic heterocycles. The second-order valence-corrected chi connectivity index (χ2v) is 5.77. The Hall–Kier alpha value is -3.09. The van der Waals surface area contributed by atoms with E-state index in [1.165, 1.54) is 0 Å². The van der Waals surface area contributed by atoms with Crippen molar-refractivity contribution >= 4 is 34.8 Å². The highest BCUT2D eigenvalue weighted by Gasteiger charge is 2.35. The van der Waals surface area contributed by atoms with Gasteiger partial charge in [0, 0.05) is 12.1 Å². The first-order chi connectivity index (χ1) is 12.6. The van der Waals surface area contributed by atoms with Crippen molar-refractivity contribution in [2.45, 2.75) is 19.5 Å². The first-order valence-corrected chi connectivity index (χ1v) is 8.04. The number of hydrogen-bond acceptors (Lipinski definition) is 8. The molecule has 1 amide bonds. The van der Waals surface area contributed by atoms with Gasteiger partial charge in [0.1, 0.15) is 0 Å². The molecule has 9 nitrogen and oxygen atoms in total. The maximum Gasteiger partial charge on any atom is 0.418 e. The van der Waals surface area contributed by atoms with E-state index >= 15 is 0 Å². The van der Waals surface area contributed by atoms with Crippen LogP contribution in [0.4, 0.5) is 24.5 Å². The van der Waals surface area contributed by atoms with Crippen LogP contribution in [-0.2, 0) is 22.1 Å². The highest BCUT2D eigenvalue weighted by Crippen LogP contribution is 2.37. The molecule has 0 spiro atoms. The van der Waals surface area contributed by atoms with Crippen LogP contribution in [0.5, 0.6) is 0 Å². The van der Waals surface area contributed by atoms with Crippen LogP contribution in [0.1, 0.15) is 27.9 Å². The second kappa shape index (κ2) is 8.07. The van der Waals surface area contributed by atoms with E-state index < -0.39 is 46.5 Å². The third kappa shape index (κ3) is 4.97. The molecule has 0 aliphatic heterocycles. The Morgan fingerprint density at radius 2 is 2.07 bits per heavy atom. The van der Waals surface area contributed by atoms with Crippen LogP contribution in [0.2, 0.25) is 0 Å². The fraction of sp³-hybridized carbons (Fsp3) is 0.286. The van der Waals surface area contributed by atoms with Gasteiger partial charge >= 0.3 is 12.1 Å². The topological polar surface area (TPSA) is 124 Å². The lowest BCUT2D eigenvalue weighted by molar-refractivity contribution is -0.385. The average molecular weight is 404 g/mol. The number of esters is 1. The number of aromatic nitrogens is 2. The molecule has 144 valence electrons. The molecule has 0 radical (unpaired) electrons. The van der Waals surface area contributed by atoms with Crippen molar-refractivity contribution in [1.29, 1.82) is 0 Å². The zero-order chi connectivity index (χ0) is 20.2. The number of nitro benzene ring substituents is 1. The Morgan fingerprint density at radius 1 is 1.37 bits per heavy atom. The molecule has 1 N–H and O–H groups in total. The Morgan fingerprint density at radius 3 is 2.67 bits per heavy atom. The molecule has 13 heteroatoms. The van der Waals surface area contributed by atoms with Crippen molar-refractivity contribution in [1.82, 2.24) is 9.59 Å². The zero-order valence-electron chi connectivity index (χ0n) is 13.6. The van der Waals surface area contributed by atoms with Crippen LogP contribution in [-0.4, -0.2) is 33.0 Å². The first kappa shape index (κ1) is 20.2. The largest absolute Gasteiger partial charge is 0.451 e. The van der Waals surface area contributed by atoms with Crippen molar-refractivity contribution in [3.63, 3.8) is 0 Å². The smallest absolute Gasteiger partial charge is 0.418 e. The number of anilines is 1. The lowest BCUT2D eigenvalue weighted by atomic mass is 10.1. The summed E-state index contributed by atoms with van der Waals surface area (Å²) < 4.78 is 47.5. The summed E-state index contributed by atoms with van der Waals surface area (Å²) in [6.07, 6.45) is -4.53. The number of carbonyl (C=O) groups excluding carboxylic acids is 2. The summed E-state index contributed by atoms with van der Waals surface area (Å²) in [5.74, 6) is -1.92. The van der Waals surface area contributed by atoms with Crippen LogP contribution in [0.25, 0.3) is 0 Å². The lowest BCUT2D eigenvalue weighted by Gasteiger charge is -2.13. The molecule has 0 saturated carbocycles. The average Bonchev–Trinajstić information content (AvgIpc) is 3.07. The molecule has 0 aliphatic carbocycles.